The van der Waals surface area contributed by atoms with E-state index in [1.165, 1.54) is 12.1 Å². The van der Waals surface area contributed by atoms with Crippen LogP contribution in [0.1, 0.15) is 11.1 Å². The lowest BCUT2D eigenvalue weighted by Crippen LogP contribution is -2.22. The second-order valence-electron chi connectivity index (χ2n) is 4.88. The topological polar surface area (TPSA) is 111 Å². The van der Waals surface area contributed by atoms with Gasteiger partial charge in [-0.1, -0.05) is 29.8 Å². The Morgan fingerprint density at radius 1 is 1.18 bits per heavy atom. The van der Waals surface area contributed by atoms with Crippen LogP contribution in [-0.2, 0) is 16.6 Å². The smallest absolute Gasteiger partial charge is 0.238 e. The summed E-state index contributed by atoms with van der Waals surface area (Å²) < 4.78 is 22.6. The largest absolute Gasteiger partial charge is 0.370 e. The number of sulfonamides is 1. The summed E-state index contributed by atoms with van der Waals surface area (Å²) in [5.41, 5.74) is 8.51. The number of hydrogen-bond acceptors (Lipinski definition) is 3. The van der Waals surface area contributed by atoms with Gasteiger partial charge in [0.05, 0.1) is 11.4 Å². The van der Waals surface area contributed by atoms with E-state index in [1.807, 2.05) is 31.2 Å². The molecular weight excluding hydrogens is 300 g/mol. The summed E-state index contributed by atoms with van der Waals surface area (Å²) in [5, 5.41) is 8.06. The average molecular weight is 318 g/mol. The molecule has 0 aliphatic rings. The zero-order valence-electron chi connectivity index (χ0n) is 12.2. The number of hydrogen-bond donors (Lipinski definition) is 3. The van der Waals surface area contributed by atoms with Gasteiger partial charge in [-0.05, 0) is 36.8 Å². The number of nitrogens with zero attached hydrogens (tertiary/aromatic N) is 1. The number of primary sulfonamides is 1. The Balaban J connectivity index is 2.06. The minimum atomic E-state index is -3.71. The third-order valence-corrected chi connectivity index (χ3v) is 3.89. The quantitative estimate of drug-likeness (QED) is 0.587. The van der Waals surface area contributed by atoms with Crippen molar-refractivity contribution in [2.45, 2.75) is 18.4 Å². The van der Waals surface area contributed by atoms with E-state index >= 15 is 0 Å². The molecule has 0 aliphatic heterocycles. The lowest BCUT2D eigenvalue weighted by Gasteiger charge is -2.06. The molecule has 0 saturated heterocycles. The molecule has 2 aromatic rings. The molecular formula is C15H18N4O2S. The molecule has 2 aromatic carbocycles. The Morgan fingerprint density at radius 3 is 2.50 bits per heavy atom. The lowest BCUT2D eigenvalue weighted by atomic mass is 10.2. The first-order valence-electron chi connectivity index (χ1n) is 6.60. The molecule has 0 atom stereocenters. The van der Waals surface area contributed by atoms with Gasteiger partial charge in [-0.3, -0.25) is 0 Å². The number of nitrogens with two attached hydrogens (primary N) is 2. The van der Waals surface area contributed by atoms with E-state index in [1.54, 1.807) is 12.1 Å². The lowest BCUT2D eigenvalue weighted by molar-refractivity contribution is 0.597. The van der Waals surface area contributed by atoms with E-state index < -0.39 is 10.0 Å². The van der Waals surface area contributed by atoms with E-state index in [-0.39, 0.29) is 17.4 Å². The van der Waals surface area contributed by atoms with Crippen molar-refractivity contribution in [1.82, 2.24) is 0 Å². The second-order valence-corrected chi connectivity index (χ2v) is 6.45. The maximum absolute atomic E-state index is 11.3. The predicted octanol–water partition coefficient (Wildman–Crippen LogP) is 1.57. The number of benzene rings is 2. The van der Waals surface area contributed by atoms with E-state index in [4.69, 9.17) is 10.9 Å². The molecule has 5 N–H and O–H groups in total. The molecule has 7 heteroatoms. The minimum Gasteiger partial charge on any atom is -0.370 e. The number of rotatable bonds is 4. The fraction of sp³-hybridized carbons (Fsp3) is 0.133. The molecule has 0 amide bonds. The number of aryl methyl sites for hydroxylation is 1. The van der Waals surface area contributed by atoms with Gasteiger partial charge in [0.15, 0.2) is 5.96 Å². The van der Waals surface area contributed by atoms with Crippen LogP contribution in [0.3, 0.4) is 0 Å². The molecule has 0 radical (unpaired) electrons. The first kappa shape index (κ1) is 16.0. The molecule has 0 unspecified atom stereocenters. The van der Waals surface area contributed by atoms with Crippen molar-refractivity contribution in [2.24, 2.45) is 15.9 Å². The summed E-state index contributed by atoms with van der Waals surface area (Å²) >= 11 is 0. The molecule has 6 nitrogen and oxygen atoms in total. The van der Waals surface area contributed by atoms with E-state index in [0.717, 1.165) is 11.3 Å². The highest BCUT2D eigenvalue weighted by Gasteiger charge is 2.07. The molecule has 0 saturated carbocycles. The Labute approximate surface area is 129 Å². The summed E-state index contributed by atoms with van der Waals surface area (Å²) in [6.45, 7) is 2.26. The van der Waals surface area contributed by atoms with Gasteiger partial charge in [-0.2, -0.15) is 0 Å². The average Bonchev–Trinajstić information content (AvgIpc) is 2.47. The Bertz CT molecular complexity index is 783. The van der Waals surface area contributed by atoms with Crippen LogP contribution < -0.4 is 16.2 Å². The van der Waals surface area contributed by atoms with Gasteiger partial charge in [-0.25, -0.2) is 18.5 Å². The van der Waals surface area contributed by atoms with Crippen molar-refractivity contribution in [1.29, 1.82) is 0 Å². The summed E-state index contributed by atoms with van der Waals surface area (Å²) in [6, 6.07) is 14.0. The predicted molar refractivity (Wildman–Crippen MR) is 87.9 cm³/mol. The fourth-order valence-electron chi connectivity index (χ4n) is 1.82. The van der Waals surface area contributed by atoms with Gasteiger partial charge in [0.2, 0.25) is 10.0 Å². The molecule has 0 bridgehead atoms. The van der Waals surface area contributed by atoms with Crippen LogP contribution >= 0.6 is 0 Å². The molecule has 2 rings (SSSR count). The highest BCUT2D eigenvalue weighted by molar-refractivity contribution is 7.89. The van der Waals surface area contributed by atoms with Crippen molar-refractivity contribution in [3.63, 3.8) is 0 Å². The summed E-state index contributed by atoms with van der Waals surface area (Å²) in [7, 11) is -3.71. The van der Waals surface area contributed by atoms with Crippen molar-refractivity contribution >= 4 is 21.7 Å². The van der Waals surface area contributed by atoms with E-state index in [2.05, 4.69) is 10.3 Å². The van der Waals surface area contributed by atoms with Crippen molar-refractivity contribution in [3.8, 4) is 0 Å². The fourth-order valence-corrected chi connectivity index (χ4v) is 2.41. The van der Waals surface area contributed by atoms with Gasteiger partial charge in [-0.15, -0.1) is 0 Å². The van der Waals surface area contributed by atoms with Gasteiger partial charge in [0, 0.05) is 5.69 Å². The Kier molecular flexibility index (Phi) is 4.79. The van der Waals surface area contributed by atoms with Crippen LogP contribution in [0.25, 0.3) is 0 Å². The molecule has 0 aliphatic carbocycles. The second kappa shape index (κ2) is 6.59. The molecule has 22 heavy (non-hydrogen) atoms. The zero-order valence-corrected chi connectivity index (χ0v) is 13.0. The molecule has 0 spiro atoms. The molecule has 0 fully saturated rings. The van der Waals surface area contributed by atoms with E-state index in [0.29, 0.717) is 5.56 Å². The van der Waals surface area contributed by atoms with Crippen LogP contribution in [0.15, 0.2) is 58.4 Å². The van der Waals surface area contributed by atoms with Crippen LogP contribution in [0.4, 0.5) is 5.69 Å². The minimum absolute atomic E-state index is 0.0604. The monoisotopic (exact) mass is 318 g/mol. The van der Waals surface area contributed by atoms with Gasteiger partial charge < -0.3 is 11.1 Å². The number of anilines is 1. The van der Waals surface area contributed by atoms with Gasteiger partial charge in [0.1, 0.15) is 0 Å². The first-order chi connectivity index (χ1) is 10.3. The van der Waals surface area contributed by atoms with Gasteiger partial charge >= 0.3 is 0 Å². The standard InChI is InChI=1S/C15H18N4O2S/c1-11-5-7-13(8-6-11)19-15(16)18-10-12-3-2-4-14(9-12)22(17,20)21/h2-9H,10H2,1H3,(H3,16,18,19)(H2,17,20,21). The summed E-state index contributed by atoms with van der Waals surface area (Å²) in [6.07, 6.45) is 0. The SMILES string of the molecule is Cc1ccc(NC(N)=NCc2cccc(S(N)(=O)=O)c2)cc1. The highest BCUT2D eigenvalue weighted by atomic mass is 32.2. The molecule has 0 aromatic heterocycles. The third kappa shape index (κ3) is 4.57. The number of guanidine groups is 1. The summed E-state index contributed by atoms with van der Waals surface area (Å²) in [4.78, 5) is 4.24. The normalized spacial score (nSPS) is 12.2. The zero-order chi connectivity index (χ0) is 16.2. The van der Waals surface area contributed by atoms with Crippen molar-refractivity contribution in [3.05, 3.63) is 59.7 Å². The number of nitrogens with one attached hydrogen (secondary N) is 1. The van der Waals surface area contributed by atoms with Crippen LogP contribution in [-0.4, -0.2) is 14.4 Å². The van der Waals surface area contributed by atoms with Gasteiger partial charge in [0.25, 0.3) is 0 Å². The first-order valence-corrected chi connectivity index (χ1v) is 8.14. The summed E-state index contributed by atoms with van der Waals surface area (Å²) in [5.74, 6) is 0.255. The Hall–Kier alpha value is -2.38. The van der Waals surface area contributed by atoms with Crippen LogP contribution in [0, 0.1) is 6.92 Å². The number of aliphatic imine (C=N–C) groups is 1. The Morgan fingerprint density at radius 2 is 1.86 bits per heavy atom. The maximum atomic E-state index is 11.3. The van der Waals surface area contributed by atoms with E-state index in [9.17, 15) is 8.42 Å². The molecule has 0 heterocycles. The van der Waals surface area contributed by atoms with Crippen molar-refractivity contribution < 1.29 is 8.42 Å². The molecule has 116 valence electrons. The van der Waals surface area contributed by atoms with Crippen molar-refractivity contribution in [2.75, 3.05) is 5.32 Å². The maximum Gasteiger partial charge on any atom is 0.238 e. The third-order valence-electron chi connectivity index (χ3n) is 2.98. The highest BCUT2D eigenvalue weighted by Crippen LogP contribution is 2.11. The van der Waals surface area contributed by atoms with Crippen LogP contribution in [0.5, 0.6) is 0 Å². The van der Waals surface area contributed by atoms with Crippen LogP contribution in [0.2, 0.25) is 0 Å².